The highest BCUT2D eigenvalue weighted by molar-refractivity contribution is 5.85. The number of likely N-dealkylation sites (tertiary alicyclic amines) is 1. The quantitative estimate of drug-likeness (QED) is 0.874. The Bertz CT molecular complexity index is 478. The molecule has 4 nitrogen and oxygen atoms in total. The number of halogens is 1. The third-order valence-corrected chi connectivity index (χ3v) is 4.42. The molecule has 1 heterocycles. The topological polar surface area (TPSA) is 55.6 Å². The van der Waals surface area contributed by atoms with Crippen LogP contribution >= 0.6 is 12.4 Å². The monoisotopic (exact) mass is 326 g/mol. The molecule has 1 aromatic carbocycles. The van der Waals surface area contributed by atoms with Crippen molar-refractivity contribution < 1.29 is 9.53 Å². The van der Waals surface area contributed by atoms with E-state index in [2.05, 4.69) is 19.1 Å². The number of hydrogen-bond acceptors (Lipinski definition) is 3. The average molecular weight is 327 g/mol. The minimum Gasteiger partial charge on any atom is -0.497 e. The lowest BCUT2D eigenvalue weighted by Gasteiger charge is -2.22. The zero-order valence-electron chi connectivity index (χ0n) is 13.5. The molecule has 1 aliphatic heterocycles. The number of nitrogens with two attached hydrogens (primary N) is 1. The number of rotatable bonds is 6. The molecule has 0 aromatic heterocycles. The molecule has 5 heteroatoms. The van der Waals surface area contributed by atoms with Gasteiger partial charge in [0, 0.05) is 19.5 Å². The molecule has 0 saturated carbocycles. The molecule has 22 heavy (non-hydrogen) atoms. The molecular formula is C17H27ClN2O2. The van der Waals surface area contributed by atoms with Crippen LogP contribution in [-0.2, 0) is 11.2 Å². The lowest BCUT2D eigenvalue weighted by Crippen LogP contribution is -2.34. The Morgan fingerprint density at radius 2 is 2.05 bits per heavy atom. The number of amides is 1. The molecule has 0 aliphatic carbocycles. The number of hydrogen-bond donors (Lipinski definition) is 1. The summed E-state index contributed by atoms with van der Waals surface area (Å²) >= 11 is 0. The average Bonchev–Trinajstić information content (AvgIpc) is 2.91. The summed E-state index contributed by atoms with van der Waals surface area (Å²) in [5, 5.41) is 0. The summed E-state index contributed by atoms with van der Waals surface area (Å²) in [5.74, 6) is 1.13. The van der Waals surface area contributed by atoms with Crippen molar-refractivity contribution in [3.8, 4) is 5.75 Å². The zero-order valence-corrected chi connectivity index (χ0v) is 14.3. The number of benzene rings is 1. The fourth-order valence-electron chi connectivity index (χ4n) is 2.80. The maximum absolute atomic E-state index is 12.2. The number of carbonyl (C=O) groups is 1. The van der Waals surface area contributed by atoms with Crippen LogP contribution in [0.3, 0.4) is 0 Å². The van der Waals surface area contributed by atoms with E-state index >= 15 is 0 Å². The van der Waals surface area contributed by atoms with Crippen molar-refractivity contribution in [2.75, 3.05) is 26.7 Å². The molecule has 1 fully saturated rings. The third-order valence-electron chi connectivity index (χ3n) is 4.42. The summed E-state index contributed by atoms with van der Waals surface area (Å²) in [7, 11) is 1.67. The van der Waals surface area contributed by atoms with Gasteiger partial charge in [0.1, 0.15) is 5.75 Å². The second-order valence-electron chi connectivity index (χ2n) is 6.28. The van der Waals surface area contributed by atoms with Gasteiger partial charge < -0.3 is 15.4 Å². The molecule has 2 rings (SSSR count). The number of ether oxygens (including phenoxy) is 1. The zero-order chi connectivity index (χ0) is 15.3. The number of methoxy groups -OCH3 is 1. The Hall–Kier alpha value is -1.26. The minimum absolute atomic E-state index is 0. The van der Waals surface area contributed by atoms with Gasteiger partial charge in [0.05, 0.1) is 7.11 Å². The summed E-state index contributed by atoms with van der Waals surface area (Å²) in [6.45, 7) is 4.49. The Kier molecular flexibility index (Phi) is 7.17. The van der Waals surface area contributed by atoms with E-state index < -0.39 is 0 Å². The van der Waals surface area contributed by atoms with Crippen LogP contribution in [0.2, 0.25) is 0 Å². The van der Waals surface area contributed by atoms with Crippen molar-refractivity contribution in [2.45, 2.75) is 32.6 Å². The van der Waals surface area contributed by atoms with Gasteiger partial charge in [-0.1, -0.05) is 19.1 Å². The van der Waals surface area contributed by atoms with Gasteiger partial charge in [0.25, 0.3) is 0 Å². The molecule has 0 spiro atoms. The maximum Gasteiger partial charge on any atom is 0.222 e. The first-order valence-corrected chi connectivity index (χ1v) is 7.67. The van der Waals surface area contributed by atoms with Gasteiger partial charge in [0.15, 0.2) is 0 Å². The Balaban J connectivity index is 0.00000242. The Labute approximate surface area is 139 Å². The lowest BCUT2D eigenvalue weighted by molar-refractivity contribution is -0.130. The van der Waals surface area contributed by atoms with E-state index in [1.807, 2.05) is 17.0 Å². The van der Waals surface area contributed by atoms with Gasteiger partial charge in [-0.2, -0.15) is 0 Å². The van der Waals surface area contributed by atoms with Crippen molar-refractivity contribution in [1.29, 1.82) is 0 Å². The molecule has 1 aromatic rings. The van der Waals surface area contributed by atoms with Gasteiger partial charge >= 0.3 is 0 Å². The largest absolute Gasteiger partial charge is 0.497 e. The van der Waals surface area contributed by atoms with Gasteiger partial charge in [-0.05, 0) is 48.9 Å². The fraction of sp³-hybridized carbons (Fsp3) is 0.588. The van der Waals surface area contributed by atoms with E-state index in [1.165, 1.54) is 5.56 Å². The standard InChI is InChI=1S/C17H26N2O2.ClH/c1-17(12-18)10-11-19(13-17)16(20)5-3-4-14-6-8-15(21-2)9-7-14;/h6-9H,3-5,10-13,18H2,1-2H3;1H. The van der Waals surface area contributed by atoms with E-state index in [-0.39, 0.29) is 23.7 Å². The highest BCUT2D eigenvalue weighted by atomic mass is 35.5. The minimum atomic E-state index is 0. The first kappa shape index (κ1) is 18.8. The van der Waals surface area contributed by atoms with Crippen LogP contribution in [0.1, 0.15) is 31.7 Å². The van der Waals surface area contributed by atoms with Crippen LogP contribution in [0.25, 0.3) is 0 Å². The van der Waals surface area contributed by atoms with Crippen LogP contribution < -0.4 is 10.5 Å². The van der Waals surface area contributed by atoms with Gasteiger partial charge in [-0.25, -0.2) is 0 Å². The summed E-state index contributed by atoms with van der Waals surface area (Å²) in [6.07, 6.45) is 3.46. The molecular weight excluding hydrogens is 300 g/mol. The molecule has 124 valence electrons. The Morgan fingerprint density at radius 3 is 2.59 bits per heavy atom. The predicted molar refractivity (Wildman–Crippen MR) is 91.5 cm³/mol. The summed E-state index contributed by atoms with van der Waals surface area (Å²) in [4.78, 5) is 14.2. The lowest BCUT2D eigenvalue weighted by atomic mass is 9.90. The van der Waals surface area contributed by atoms with Crippen molar-refractivity contribution >= 4 is 18.3 Å². The highest BCUT2D eigenvalue weighted by Gasteiger charge is 2.34. The molecule has 0 radical (unpaired) electrons. The van der Waals surface area contributed by atoms with E-state index in [9.17, 15) is 4.79 Å². The van der Waals surface area contributed by atoms with Crippen molar-refractivity contribution in [1.82, 2.24) is 4.90 Å². The molecule has 1 unspecified atom stereocenters. The van der Waals surface area contributed by atoms with E-state index in [1.54, 1.807) is 7.11 Å². The van der Waals surface area contributed by atoms with Gasteiger partial charge in [-0.15, -0.1) is 12.4 Å². The second-order valence-corrected chi connectivity index (χ2v) is 6.28. The molecule has 1 atom stereocenters. The van der Waals surface area contributed by atoms with Crippen molar-refractivity contribution in [3.63, 3.8) is 0 Å². The van der Waals surface area contributed by atoms with Crippen LogP contribution in [0.15, 0.2) is 24.3 Å². The molecule has 2 N–H and O–H groups in total. The second kappa shape index (κ2) is 8.39. The molecule has 1 aliphatic rings. The van der Waals surface area contributed by atoms with E-state index in [0.717, 1.165) is 38.1 Å². The smallest absolute Gasteiger partial charge is 0.222 e. The van der Waals surface area contributed by atoms with Gasteiger partial charge in [0.2, 0.25) is 5.91 Å². The van der Waals surface area contributed by atoms with Crippen LogP contribution in [-0.4, -0.2) is 37.6 Å². The number of nitrogens with zero attached hydrogens (tertiary/aromatic N) is 1. The van der Waals surface area contributed by atoms with Crippen molar-refractivity contribution in [3.05, 3.63) is 29.8 Å². The molecule has 1 saturated heterocycles. The summed E-state index contributed by atoms with van der Waals surface area (Å²) < 4.78 is 5.14. The Morgan fingerprint density at radius 1 is 1.36 bits per heavy atom. The first-order chi connectivity index (χ1) is 10.1. The molecule has 1 amide bonds. The van der Waals surface area contributed by atoms with Crippen LogP contribution in [0.4, 0.5) is 0 Å². The van der Waals surface area contributed by atoms with Crippen LogP contribution in [0, 0.1) is 5.41 Å². The summed E-state index contributed by atoms with van der Waals surface area (Å²) in [5.41, 5.74) is 7.15. The van der Waals surface area contributed by atoms with E-state index in [4.69, 9.17) is 10.5 Å². The van der Waals surface area contributed by atoms with E-state index in [0.29, 0.717) is 13.0 Å². The van der Waals surface area contributed by atoms with Crippen molar-refractivity contribution in [2.24, 2.45) is 11.1 Å². The maximum atomic E-state index is 12.2. The number of aryl methyl sites for hydroxylation is 1. The van der Waals surface area contributed by atoms with Crippen LogP contribution in [0.5, 0.6) is 5.75 Å². The third kappa shape index (κ3) is 4.89. The normalized spacial score (nSPS) is 20.6. The summed E-state index contributed by atoms with van der Waals surface area (Å²) in [6, 6.07) is 8.05. The number of carbonyl (C=O) groups excluding carboxylic acids is 1. The highest BCUT2D eigenvalue weighted by Crippen LogP contribution is 2.29. The molecule has 0 bridgehead atoms. The fourth-order valence-corrected chi connectivity index (χ4v) is 2.80. The van der Waals surface area contributed by atoms with Gasteiger partial charge in [-0.3, -0.25) is 4.79 Å². The first-order valence-electron chi connectivity index (χ1n) is 7.67. The predicted octanol–water partition coefficient (Wildman–Crippen LogP) is 2.64. The SMILES string of the molecule is COc1ccc(CCCC(=O)N2CCC(C)(CN)C2)cc1.Cl.